The average molecular weight is 746 g/mol. The van der Waals surface area contributed by atoms with Gasteiger partial charge in [-0.3, -0.25) is 24.6 Å². The fourth-order valence-corrected chi connectivity index (χ4v) is 6.75. The number of fused-ring (bicyclic) bond motifs is 1. The monoisotopic (exact) mass is 744 g/mol. The van der Waals surface area contributed by atoms with Gasteiger partial charge in [0.25, 0.3) is 21.6 Å². The molecule has 6 rings (SSSR count). The Morgan fingerprint density at radius 1 is 0.902 bits per heavy atom. The van der Waals surface area contributed by atoms with Gasteiger partial charge in [-0.15, -0.1) is 0 Å². The van der Waals surface area contributed by atoms with Crippen molar-refractivity contribution in [2.45, 2.75) is 31.7 Å². The first-order chi connectivity index (χ1) is 24.4. The number of rotatable bonds is 12. The lowest BCUT2D eigenvalue weighted by Gasteiger charge is -2.12. The number of sulfonamides is 1. The van der Waals surface area contributed by atoms with Gasteiger partial charge in [0.15, 0.2) is 0 Å². The van der Waals surface area contributed by atoms with Gasteiger partial charge in [-0.05, 0) is 109 Å². The second-order valence-electron chi connectivity index (χ2n) is 11.7. The molecule has 0 saturated heterocycles. The Morgan fingerprint density at radius 3 is 2.29 bits per heavy atom. The first-order valence-corrected chi connectivity index (χ1v) is 17.8. The molecule has 0 aliphatic carbocycles. The number of ether oxygens (including phenoxy) is 1. The molecule has 4 aromatic carbocycles. The molecule has 51 heavy (non-hydrogen) atoms. The van der Waals surface area contributed by atoms with E-state index in [-0.39, 0.29) is 17.9 Å². The number of hydrogen-bond acceptors (Lipinski definition) is 9. The normalized spacial score (nSPS) is 11.4. The molecule has 1 amide bonds. The van der Waals surface area contributed by atoms with Crippen molar-refractivity contribution < 1.29 is 22.9 Å². The molecule has 0 radical (unpaired) electrons. The Kier molecular flexibility index (Phi) is 10.2. The minimum atomic E-state index is -4.56. The van der Waals surface area contributed by atoms with Crippen LogP contribution in [0.2, 0.25) is 10.0 Å². The molecule has 12 nitrogen and oxygen atoms in total. The zero-order chi connectivity index (χ0) is 36.3. The average Bonchev–Trinajstić information content (AvgIpc) is 3.45. The first kappa shape index (κ1) is 35.3. The maximum absolute atomic E-state index is 13.7. The van der Waals surface area contributed by atoms with Crippen LogP contribution in [0.1, 0.15) is 32.7 Å². The van der Waals surface area contributed by atoms with E-state index in [1.165, 1.54) is 16.8 Å². The van der Waals surface area contributed by atoms with Crippen molar-refractivity contribution >= 4 is 61.4 Å². The number of nitro groups is 1. The van der Waals surface area contributed by atoms with E-state index in [4.69, 9.17) is 27.9 Å². The quantitative estimate of drug-likeness (QED) is 0.0939. The van der Waals surface area contributed by atoms with Crippen molar-refractivity contribution in [2.75, 3.05) is 11.9 Å². The molecule has 15 heteroatoms. The van der Waals surface area contributed by atoms with Gasteiger partial charge in [0.1, 0.15) is 22.9 Å². The predicted molar refractivity (Wildman–Crippen MR) is 195 cm³/mol. The molecule has 0 aliphatic heterocycles. The number of carbonyl (C=O) groups excluding carboxylic acids is 1. The molecule has 0 atom stereocenters. The second kappa shape index (κ2) is 14.8. The van der Waals surface area contributed by atoms with Crippen molar-refractivity contribution in [3.8, 4) is 11.5 Å². The zero-order valence-corrected chi connectivity index (χ0v) is 29.6. The molecule has 2 aromatic heterocycles. The minimum Gasteiger partial charge on any atom is -0.457 e. The predicted octanol–water partition coefficient (Wildman–Crippen LogP) is 7.88. The van der Waals surface area contributed by atoms with Gasteiger partial charge in [0.2, 0.25) is 0 Å². The van der Waals surface area contributed by atoms with Gasteiger partial charge in [0.05, 0.1) is 21.9 Å². The molecule has 0 spiro atoms. The molecule has 6 aromatic rings. The van der Waals surface area contributed by atoms with E-state index < -0.39 is 31.4 Å². The molecular formula is C36H30Cl2N6O6S. The van der Waals surface area contributed by atoms with Crippen LogP contribution >= 0.6 is 23.2 Å². The number of nitrogens with zero attached hydrogens (tertiary/aromatic N) is 4. The Labute approximate surface area is 303 Å². The fourth-order valence-electron chi connectivity index (χ4n) is 5.50. The molecule has 2 N–H and O–H groups in total. The van der Waals surface area contributed by atoms with E-state index in [2.05, 4.69) is 20.1 Å². The number of pyridine rings is 1. The highest BCUT2D eigenvalue weighted by molar-refractivity contribution is 7.90. The summed E-state index contributed by atoms with van der Waals surface area (Å²) in [6, 6.07) is 22.6. The summed E-state index contributed by atoms with van der Waals surface area (Å²) >= 11 is 12.5. The second-order valence-corrected chi connectivity index (χ2v) is 14.2. The number of hydrogen-bond donors (Lipinski definition) is 2. The van der Waals surface area contributed by atoms with Crippen LogP contribution < -0.4 is 14.8 Å². The number of amides is 1. The lowest BCUT2D eigenvalue weighted by Crippen LogP contribution is -2.32. The highest BCUT2D eigenvalue weighted by Crippen LogP contribution is 2.31. The van der Waals surface area contributed by atoms with Crippen LogP contribution in [0.3, 0.4) is 0 Å². The standard InChI is InChI=1S/C36H30Cl2N6O6S/c1-22-17-28(18-23(2)34(22)38)50-27-6-3-25(4-7-27)21-43-35(30-9-5-26(37)19-32(30)41-43)36(45)42-51(48,49)29-8-10-31(33(20-29)44(46)47)40-16-13-24-11-14-39-15-12-24/h3-12,14-15,17-20,40H,13,16,21H2,1-2H3,(H,42,45). The number of aryl methyl sites for hydroxylation is 2. The summed E-state index contributed by atoms with van der Waals surface area (Å²) in [5.74, 6) is 0.232. The smallest absolute Gasteiger partial charge is 0.293 e. The number of halogens is 2. The summed E-state index contributed by atoms with van der Waals surface area (Å²) < 4.78 is 36.4. The van der Waals surface area contributed by atoms with Crippen molar-refractivity contribution in [1.29, 1.82) is 0 Å². The molecule has 0 saturated carbocycles. The number of nitro benzene ring substituents is 1. The van der Waals surface area contributed by atoms with Crippen LogP contribution in [-0.4, -0.2) is 40.6 Å². The van der Waals surface area contributed by atoms with E-state index in [1.54, 1.807) is 54.9 Å². The Hall–Kier alpha value is -5.50. The number of carbonyl (C=O) groups is 1. The number of benzene rings is 4. The zero-order valence-electron chi connectivity index (χ0n) is 27.3. The largest absolute Gasteiger partial charge is 0.457 e. The highest BCUT2D eigenvalue weighted by atomic mass is 35.5. The summed E-state index contributed by atoms with van der Waals surface area (Å²) in [5, 5.41) is 20.9. The molecule has 260 valence electrons. The summed E-state index contributed by atoms with van der Waals surface area (Å²) in [4.78, 5) is 28.5. The minimum absolute atomic E-state index is 0.0402. The maximum atomic E-state index is 13.7. The molecular weight excluding hydrogens is 715 g/mol. The summed E-state index contributed by atoms with van der Waals surface area (Å²) in [5.41, 5.74) is 3.50. The van der Waals surface area contributed by atoms with Gasteiger partial charge in [-0.1, -0.05) is 35.3 Å². The molecule has 0 fully saturated rings. The number of aromatic nitrogens is 3. The maximum Gasteiger partial charge on any atom is 0.293 e. The van der Waals surface area contributed by atoms with Crippen molar-refractivity contribution in [1.82, 2.24) is 19.5 Å². The highest BCUT2D eigenvalue weighted by Gasteiger charge is 2.27. The van der Waals surface area contributed by atoms with Crippen LogP contribution in [0.25, 0.3) is 10.9 Å². The third-order valence-electron chi connectivity index (χ3n) is 8.00. The molecule has 0 aliphatic rings. The van der Waals surface area contributed by atoms with Gasteiger partial charge in [-0.25, -0.2) is 13.1 Å². The third-order valence-corrected chi connectivity index (χ3v) is 10.2. The van der Waals surface area contributed by atoms with Crippen molar-refractivity contribution in [2.24, 2.45) is 0 Å². The third kappa shape index (κ3) is 8.12. The summed E-state index contributed by atoms with van der Waals surface area (Å²) in [6.07, 6.45) is 3.85. The van der Waals surface area contributed by atoms with Gasteiger partial charge < -0.3 is 10.1 Å². The molecule has 0 unspecified atom stereocenters. The van der Waals surface area contributed by atoms with Crippen LogP contribution in [0.5, 0.6) is 11.5 Å². The molecule has 2 heterocycles. The summed E-state index contributed by atoms with van der Waals surface area (Å²) in [6.45, 7) is 4.25. The fraction of sp³-hybridized carbons (Fsp3) is 0.139. The summed E-state index contributed by atoms with van der Waals surface area (Å²) in [7, 11) is -4.56. The van der Waals surface area contributed by atoms with Crippen LogP contribution in [0, 0.1) is 24.0 Å². The van der Waals surface area contributed by atoms with E-state index >= 15 is 0 Å². The SMILES string of the molecule is Cc1cc(Oc2ccc(Cn3nc4cc(Cl)ccc4c3C(=O)NS(=O)(=O)c3ccc(NCCc4ccncc4)c([N+](=O)[O-])c3)cc2)cc(C)c1Cl. The van der Waals surface area contributed by atoms with Crippen molar-refractivity contribution in [3.63, 3.8) is 0 Å². The molecule has 0 bridgehead atoms. The van der Waals surface area contributed by atoms with Gasteiger partial charge >= 0.3 is 0 Å². The topological polar surface area (TPSA) is 158 Å². The Bertz CT molecular complexity index is 2360. The number of anilines is 1. The van der Waals surface area contributed by atoms with Crippen LogP contribution in [0.15, 0.2) is 102 Å². The van der Waals surface area contributed by atoms with Crippen molar-refractivity contribution in [3.05, 3.63) is 145 Å². The number of nitrogens with one attached hydrogen (secondary N) is 2. The van der Waals surface area contributed by atoms with Crippen LogP contribution in [-0.2, 0) is 23.0 Å². The van der Waals surface area contributed by atoms with Gasteiger partial charge in [0, 0.05) is 40.4 Å². The van der Waals surface area contributed by atoms with E-state index in [0.29, 0.717) is 45.4 Å². The Morgan fingerprint density at radius 2 is 1.61 bits per heavy atom. The lowest BCUT2D eigenvalue weighted by atomic mass is 10.1. The Balaban J connectivity index is 1.22. The van der Waals surface area contributed by atoms with Crippen LogP contribution in [0.4, 0.5) is 11.4 Å². The van der Waals surface area contributed by atoms with E-state index in [0.717, 1.165) is 28.3 Å². The van der Waals surface area contributed by atoms with Gasteiger partial charge in [-0.2, -0.15) is 5.10 Å². The lowest BCUT2D eigenvalue weighted by molar-refractivity contribution is -0.384. The van der Waals surface area contributed by atoms with E-state index in [1.807, 2.05) is 38.1 Å². The van der Waals surface area contributed by atoms with E-state index in [9.17, 15) is 23.3 Å². The first-order valence-electron chi connectivity index (χ1n) is 15.6.